The zero-order valence-electron chi connectivity index (χ0n) is 8.52. The molecule has 2 aromatic rings. The molecule has 1 unspecified atom stereocenters. The third kappa shape index (κ3) is 2.24. The fraction of sp³-hybridized carbons (Fsp3) is 0.182. The molecule has 0 radical (unpaired) electrons. The molecule has 1 atom stereocenters. The standard InChI is InChI=1S/C11H12ClN3O/c12-8-3-1-7(2-4-8)11-14-6-9(15-11)10(16)5-13/h1-4,6,10,16H,5,13H2,(H,14,15). The van der Waals surface area contributed by atoms with Crippen molar-refractivity contribution >= 4 is 11.6 Å². The highest BCUT2D eigenvalue weighted by Gasteiger charge is 2.09. The molecular formula is C11H12ClN3O. The van der Waals surface area contributed by atoms with Crippen molar-refractivity contribution in [2.24, 2.45) is 5.73 Å². The molecule has 1 heterocycles. The van der Waals surface area contributed by atoms with Crippen molar-refractivity contribution in [1.82, 2.24) is 9.97 Å². The summed E-state index contributed by atoms with van der Waals surface area (Å²) in [4.78, 5) is 7.19. The highest BCUT2D eigenvalue weighted by molar-refractivity contribution is 6.30. The highest BCUT2D eigenvalue weighted by Crippen LogP contribution is 2.20. The van der Waals surface area contributed by atoms with E-state index in [1.807, 2.05) is 12.1 Å². The number of H-pyrrole nitrogens is 1. The van der Waals surface area contributed by atoms with Crippen LogP contribution in [0.15, 0.2) is 30.5 Å². The lowest BCUT2D eigenvalue weighted by Crippen LogP contribution is -2.11. The lowest BCUT2D eigenvalue weighted by Gasteiger charge is -2.03. The number of benzene rings is 1. The summed E-state index contributed by atoms with van der Waals surface area (Å²) in [5, 5.41) is 10.2. The topological polar surface area (TPSA) is 74.9 Å². The van der Waals surface area contributed by atoms with E-state index in [-0.39, 0.29) is 6.54 Å². The Hall–Kier alpha value is -1.36. The maximum absolute atomic E-state index is 9.52. The molecule has 4 nitrogen and oxygen atoms in total. The third-order valence-corrected chi connectivity index (χ3v) is 2.55. The first-order chi connectivity index (χ1) is 7.70. The van der Waals surface area contributed by atoms with Crippen molar-refractivity contribution in [2.45, 2.75) is 6.10 Å². The van der Waals surface area contributed by atoms with Crippen molar-refractivity contribution in [1.29, 1.82) is 0 Å². The van der Waals surface area contributed by atoms with E-state index in [0.29, 0.717) is 16.5 Å². The van der Waals surface area contributed by atoms with Crippen LogP contribution in [0.2, 0.25) is 5.02 Å². The van der Waals surface area contributed by atoms with E-state index < -0.39 is 6.10 Å². The lowest BCUT2D eigenvalue weighted by atomic mass is 10.2. The Morgan fingerprint density at radius 1 is 1.38 bits per heavy atom. The van der Waals surface area contributed by atoms with Crippen LogP contribution in [0.25, 0.3) is 11.4 Å². The van der Waals surface area contributed by atoms with Crippen LogP contribution in [0, 0.1) is 0 Å². The van der Waals surface area contributed by atoms with Gasteiger partial charge in [-0.3, -0.25) is 0 Å². The van der Waals surface area contributed by atoms with Gasteiger partial charge in [-0.05, 0) is 24.3 Å². The summed E-state index contributed by atoms with van der Waals surface area (Å²) in [5.74, 6) is 0.694. The largest absolute Gasteiger partial charge is 0.386 e. The second kappa shape index (κ2) is 4.65. The molecule has 2 rings (SSSR count). The zero-order chi connectivity index (χ0) is 11.5. The summed E-state index contributed by atoms with van der Waals surface area (Å²) >= 11 is 5.79. The minimum atomic E-state index is -0.700. The van der Waals surface area contributed by atoms with Crippen LogP contribution in [0.4, 0.5) is 0 Å². The van der Waals surface area contributed by atoms with Crippen molar-refractivity contribution in [3.8, 4) is 11.4 Å². The summed E-state index contributed by atoms with van der Waals surface area (Å²) in [7, 11) is 0. The molecule has 5 heteroatoms. The summed E-state index contributed by atoms with van der Waals surface area (Å²) in [5.41, 5.74) is 6.89. The van der Waals surface area contributed by atoms with Gasteiger partial charge in [-0.15, -0.1) is 0 Å². The van der Waals surface area contributed by atoms with Crippen LogP contribution in [-0.2, 0) is 0 Å². The van der Waals surface area contributed by atoms with Crippen LogP contribution in [-0.4, -0.2) is 21.6 Å². The normalized spacial score (nSPS) is 12.7. The first-order valence-corrected chi connectivity index (χ1v) is 5.27. The molecule has 1 aromatic heterocycles. The molecule has 0 aliphatic carbocycles. The molecular weight excluding hydrogens is 226 g/mol. The minimum absolute atomic E-state index is 0.169. The average molecular weight is 238 g/mol. The van der Waals surface area contributed by atoms with Crippen molar-refractivity contribution < 1.29 is 5.11 Å². The average Bonchev–Trinajstić information content (AvgIpc) is 2.78. The fourth-order valence-electron chi connectivity index (χ4n) is 1.39. The molecule has 0 aliphatic heterocycles. The monoisotopic (exact) mass is 237 g/mol. The van der Waals surface area contributed by atoms with Gasteiger partial charge < -0.3 is 15.8 Å². The summed E-state index contributed by atoms with van der Waals surface area (Å²) in [6, 6.07) is 7.30. The van der Waals surface area contributed by atoms with Crippen LogP contribution in [0.1, 0.15) is 11.8 Å². The molecule has 4 N–H and O–H groups in total. The molecule has 0 amide bonds. The number of imidazole rings is 1. The Balaban J connectivity index is 2.28. The number of nitrogens with zero attached hydrogens (tertiary/aromatic N) is 1. The zero-order valence-corrected chi connectivity index (χ0v) is 9.28. The van der Waals surface area contributed by atoms with E-state index in [4.69, 9.17) is 17.3 Å². The number of nitrogens with two attached hydrogens (primary N) is 1. The van der Waals surface area contributed by atoms with Crippen LogP contribution < -0.4 is 5.73 Å². The first-order valence-electron chi connectivity index (χ1n) is 4.89. The Labute approximate surface area is 98.1 Å². The van der Waals surface area contributed by atoms with E-state index >= 15 is 0 Å². The highest BCUT2D eigenvalue weighted by atomic mass is 35.5. The van der Waals surface area contributed by atoms with Gasteiger partial charge in [-0.1, -0.05) is 11.6 Å². The second-order valence-corrected chi connectivity index (χ2v) is 3.88. The van der Waals surface area contributed by atoms with Gasteiger partial charge in [0, 0.05) is 17.1 Å². The van der Waals surface area contributed by atoms with E-state index in [2.05, 4.69) is 9.97 Å². The maximum Gasteiger partial charge on any atom is 0.137 e. The molecule has 16 heavy (non-hydrogen) atoms. The number of halogens is 1. The molecule has 0 fully saturated rings. The number of aliphatic hydroxyl groups excluding tert-OH is 1. The van der Waals surface area contributed by atoms with Crippen molar-refractivity contribution in [3.05, 3.63) is 41.2 Å². The predicted octanol–water partition coefficient (Wildman–Crippen LogP) is 1.72. The fourth-order valence-corrected chi connectivity index (χ4v) is 1.51. The van der Waals surface area contributed by atoms with Gasteiger partial charge >= 0.3 is 0 Å². The van der Waals surface area contributed by atoms with E-state index in [1.165, 1.54) is 0 Å². The molecule has 0 aliphatic rings. The van der Waals surface area contributed by atoms with Gasteiger partial charge in [0.2, 0.25) is 0 Å². The van der Waals surface area contributed by atoms with Gasteiger partial charge in [-0.2, -0.15) is 0 Å². The Morgan fingerprint density at radius 3 is 2.69 bits per heavy atom. The smallest absolute Gasteiger partial charge is 0.137 e. The van der Waals surface area contributed by atoms with Crippen molar-refractivity contribution in [2.75, 3.05) is 6.54 Å². The van der Waals surface area contributed by atoms with E-state index in [1.54, 1.807) is 18.3 Å². The molecule has 0 bridgehead atoms. The van der Waals surface area contributed by atoms with Gasteiger partial charge in [0.05, 0.1) is 11.9 Å². The third-order valence-electron chi connectivity index (χ3n) is 2.30. The van der Waals surface area contributed by atoms with Gasteiger partial charge in [0.1, 0.15) is 11.9 Å². The van der Waals surface area contributed by atoms with E-state index in [9.17, 15) is 5.11 Å². The first kappa shape index (κ1) is 11.1. The molecule has 84 valence electrons. The number of aromatic amines is 1. The number of hydrogen-bond donors (Lipinski definition) is 3. The summed E-state index contributed by atoms with van der Waals surface area (Å²) in [6.07, 6.45) is 0.884. The molecule has 0 saturated heterocycles. The number of rotatable bonds is 3. The molecule has 0 saturated carbocycles. The lowest BCUT2D eigenvalue weighted by molar-refractivity contribution is 0.182. The van der Waals surface area contributed by atoms with Crippen LogP contribution in [0.3, 0.4) is 0 Å². The quantitative estimate of drug-likeness (QED) is 0.761. The van der Waals surface area contributed by atoms with Gasteiger partial charge in [0.25, 0.3) is 0 Å². The minimum Gasteiger partial charge on any atom is -0.386 e. The van der Waals surface area contributed by atoms with Gasteiger partial charge in [0.15, 0.2) is 0 Å². The SMILES string of the molecule is NCC(O)c1cnc(-c2ccc(Cl)cc2)[nH]1. The Morgan fingerprint density at radius 2 is 2.06 bits per heavy atom. The Kier molecular flexibility index (Phi) is 3.24. The molecule has 0 spiro atoms. The predicted molar refractivity (Wildman–Crippen MR) is 63.0 cm³/mol. The second-order valence-electron chi connectivity index (χ2n) is 3.45. The number of aliphatic hydroxyl groups is 1. The Bertz CT molecular complexity index is 466. The number of hydrogen-bond acceptors (Lipinski definition) is 3. The van der Waals surface area contributed by atoms with Gasteiger partial charge in [-0.25, -0.2) is 4.98 Å². The number of nitrogens with one attached hydrogen (secondary N) is 1. The summed E-state index contributed by atoms with van der Waals surface area (Å²) < 4.78 is 0. The molecule has 1 aromatic carbocycles. The van der Waals surface area contributed by atoms with Crippen LogP contribution >= 0.6 is 11.6 Å². The van der Waals surface area contributed by atoms with E-state index in [0.717, 1.165) is 5.56 Å². The number of aromatic nitrogens is 2. The summed E-state index contributed by atoms with van der Waals surface area (Å²) in [6.45, 7) is 0.169. The maximum atomic E-state index is 9.52. The van der Waals surface area contributed by atoms with Crippen LogP contribution in [0.5, 0.6) is 0 Å². The van der Waals surface area contributed by atoms with Crippen molar-refractivity contribution in [3.63, 3.8) is 0 Å².